The molecule has 0 aromatic heterocycles. The minimum Gasteiger partial charge on any atom is -0.479 e. The van der Waals surface area contributed by atoms with Crippen molar-refractivity contribution in [2.24, 2.45) is 0 Å². The Morgan fingerprint density at radius 2 is 2.00 bits per heavy atom. The Morgan fingerprint density at radius 1 is 1.27 bits per heavy atom. The molecule has 0 saturated carbocycles. The van der Waals surface area contributed by atoms with Crippen molar-refractivity contribution in [2.45, 2.75) is 77.7 Å². The van der Waals surface area contributed by atoms with Crippen molar-refractivity contribution in [1.82, 2.24) is 10.2 Å². The lowest BCUT2D eigenvalue weighted by molar-refractivity contribution is -0.163. The molecular formula is C22H28N2O6. The number of benzene rings is 1. The summed E-state index contributed by atoms with van der Waals surface area (Å²) in [5, 5.41) is 2.29. The molecule has 3 rings (SSSR count). The molecule has 30 heavy (non-hydrogen) atoms. The lowest BCUT2D eigenvalue weighted by atomic mass is 10.0. The predicted octanol–water partition coefficient (Wildman–Crippen LogP) is 2.34. The molecule has 162 valence electrons. The van der Waals surface area contributed by atoms with Crippen LogP contribution in [0, 0.1) is 0 Å². The maximum atomic E-state index is 12.8. The molecule has 1 N–H and O–H groups in total. The van der Waals surface area contributed by atoms with Gasteiger partial charge in [-0.05, 0) is 57.4 Å². The number of nitrogens with one attached hydrogen (secondary N) is 1. The molecule has 8 heteroatoms. The smallest absolute Gasteiger partial charge is 0.347 e. The largest absolute Gasteiger partial charge is 0.479 e. The Hall–Kier alpha value is -2.90. The summed E-state index contributed by atoms with van der Waals surface area (Å²) in [7, 11) is 0. The first kappa shape index (κ1) is 21.8. The van der Waals surface area contributed by atoms with E-state index in [1.165, 1.54) is 4.90 Å². The Morgan fingerprint density at radius 3 is 2.63 bits per heavy atom. The number of carbonyl (C=O) groups is 4. The first-order chi connectivity index (χ1) is 14.1. The maximum absolute atomic E-state index is 12.8. The lowest BCUT2D eigenvalue weighted by Gasteiger charge is -2.29. The molecule has 1 saturated heterocycles. The number of hydrogen-bond donors (Lipinski definition) is 1. The standard InChI is InChI=1S/C22H28N2O6/c1-5-6-17(21(28)30-22(2,3)4)29-14-7-8-15-13(11-14)12-24(20(15)27)16-9-10-18(25)23-19(16)26/h7-8,11,16-17H,5-6,9-10,12H2,1-4H3,(H,23,25,26). The SMILES string of the molecule is CCCC(Oc1ccc2c(c1)CN(C1CCC(=O)NC1=O)C2=O)C(=O)OC(C)(C)C. The van der Waals surface area contributed by atoms with Crippen molar-refractivity contribution < 1.29 is 28.7 Å². The summed E-state index contributed by atoms with van der Waals surface area (Å²) in [5.74, 6) is -0.970. The van der Waals surface area contributed by atoms with E-state index in [1.54, 1.807) is 39.0 Å². The molecule has 3 amide bonds. The predicted molar refractivity (Wildman–Crippen MR) is 108 cm³/mol. The van der Waals surface area contributed by atoms with Crippen LogP contribution in [0.2, 0.25) is 0 Å². The van der Waals surface area contributed by atoms with E-state index in [9.17, 15) is 19.2 Å². The van der Waals surface area contributed by atoms with Gasteiger partial charge in [-0.25, -0.2) is 4.79 Å². The van der Waals surface area contributed by atoms with Crippen molar-refractivity contribution in [3.05, 3.63) is 29.3 Å². The molecule has 2 heterocycles. The zero-order chi connectivity index (χ0) is 22.1. The van der Waals surface area contributed by atoms with Gasteiger partial charge in [0.15, 0.2) is 6.10 Å². The van der Waals surface area contributed by atoms with Crippen LogP contribution in [0.15, 0.2) is 18.2 Å². The first-order valence-corrected chi connectivity index (χ1v) is 10.3. The Bertz CT molecular complexity index is 873. The van der Waals surface area contributed by atoms with Gasteiger partial charge in [0.2, 0.25) is 11.8 Å². The molecule has 0 bridgehead atoms. The quantitative estimate of drug-likeness (QED) is 0.564. The summed E-state index contributed by atoms with van der Waals surface area (Å²) < 4.78 is 11.4. The third kappa shape index (κ3) is 4.80. The molecule has 0 radical (unpaired) electrons. The number of hydrogen-bond acceptors (Lipinski definition) is 6. The summed E-state index contributed by atoms with van der Waals surface area (Å²) >= 11 is 0. The second-order valence-corrected chi connectivity index (χ2v) is 8.65. The first-order valence-electron chi connectivity index (χ1n) is 10.3. The Kier molecular flexibility index (Phi) is 6.14. The number of carbonyl (C=O) groups excluding carboxylic acids is 4. The van der Waals surface area contributed by atoms with Crippen LogP contribution in [0.25, 0.3) is 0 Å². The van der Waals surface area contributed by atoms with Gasteiger partial charge in [-0.1, -0.05) is 13.3 Å². The van der Waals surface area contributed by atoms with Gasteiger partial charge in [-0.15, -0.1) is 0 Å². The van der Waals surface area contributed by atoms with Crippen molar-refractivity contribution in [1.29, 1.82) is 0 Å². The highest BCUT2D eigenvalue weighted by Gasteiger charge is 2.39. The topological polar surface area (TPSA) is 102 Å². The van der Waals surface area contributed by atoms with E-state index >= 15 is 0 Å². The minimum absolute atomic E-state index is 0.208. The molecule has 2 aliphatic heterocycles. The number of nitrogens with zero attached hydrogens (tertiary/aromatic N) is 1. The molecule has 8 nitrogen and oxygen atoms in total. The van der Waals surface area contributed by atoms with Crippen LogP contribution in [0.5, 0.6) is 5.75 Å². The molecule has 0 spiro atoms. The third-order valence-electron chi connectivity index (χ3n) is 4.99. The average molecular weight is 416 g/mol. The van der Waals surface area contributed by atoms with Gasteiger partial charge in [0, 0.05) is 18.5 Å². The fraction of sp³-hybridized carbons (Fsp3) is 0.545. The Balaban J connectivity index is 1.74. The fourth-order valence-corrected chi connectivity index (χ4v) is 3.64. The van der Waals surface area contributed by atoms with E-state index in [-0.39, 0.29) is 24.8 Å². The van der Waals surface area contributed by atoms with Crippen LogP contribution in [0.3, 0.4) is 0 Å². The highest BCUT2D eigenvalue weighted by molar-refractivity contribution is 6.05. The zero-order valence-corrected chi connectivity index (χ0v) is 17.8. The number of esters is 1. The van der Waals surface area contributed by atoms with Gasteiger partial charge < -0.3 is 14.4 Å². The van der Waals surface area contributed by atoms with Crippen molar-refractivity contribution >= 4 is 23.7 Å². The molecule has 1 aromatic rings. The van der Waals surface area contributed by atoms with E-state index < -0.39 is 29.6 Å². The van der Waals surface area contributed by atoms with Crippen LogP contribution in [0.4, 0.5) is 0 Å². The monoisotopic (exact) mass is 416 g/mol. The minimum atomic E-state index is -0.740. The number of fused-ring (bicyclic) bond motifs is 1. The summed E-state index contributed by atoms with van der Waals surface area (Å²) in [4.78, 5) is 50.3. The van der Waals surface area contributed by atoms with Gasteiger partial charge in [0.05, 0.1) is 0 Å². The van der Waals surface area contributed by atoms with Crippen molar-refractivity contribution in [2.75, 3.05) is 0 Å². The van der Waals surface area contributed by atoms with Gasteiger partial charge in [-0.2, -0.15) is 0 Å². The average Bonchev–Trinajstić information content (AvgIpc) is 2.96. The number of piperidine rings is 1. The Labute approximate surface area is 175 Å². The third-order valence-corrected chi connectivity index (χ3v) is 4.99. The second kappa shape index (κ2) is 8.45. The molecular weight excluding hydrogens is 388 g/mol. The normalized spacial score (nSPS) is 19.9. The molecule has 1 fully saturated rings. The fourth-order valence-electron chi connectivity index (χ4n) is 3.64. The summed E-state index contributed by atoms with van der Waals surface area (Å²) in [6.07, 6.45) is 1.03. The van der Waals surface area contributed by atoms with Gasteiger partial charge >= 0.3 is 5.97 Å². The number of amides is 3. The second-order valence-electron chi connectivity index (χ2n) is 8.65. The van der Waals surface area contributed by atoms with Gasteiger partial charge in [0.25, 0.3) is 5.91 Å². The highest BCUT2D eigenvalue weighted by Crippen LogP contribution is 2.31. The zero-order valence-electron chi connectivity index (χ0n) is 17.8. The maximum Gasteiger partial charge on any atom is 0.347 e. The molecule has 2 unspecified atom stereocenters. The number of rotatable bonds is 6. The van der Waals surface area contributed by atoms with Gasteiger partial charge in [0.1, 0.15) is 17.4 Å². The lowest BCUT2D eigenvalue weighted by Crippen LogP contribution is -2.52. The molecule has 0 aliphatic carbocycles. The van der Waals surface area contributed by atoms with Crippen LogP contribution >= 0.6 is 0 Å². The summed E-state index contributed by atoms with van der Waals surface area (Å²) in [6, 6.07) is 4.36. The van der Waals surface area contributed by atoms with Crippen LogP contribution in [0.1, 0.15) is 69.3 Å². The van der Waals surface area contributed by atoms with Crippen LogP contribution in [-0.4, -0.2) is 46.3 Å². The van der Waals surface area contributed by atoms with Crippen LogP contribution < -0.4 is 10.1 Å². The highest BCUT2D eigenvalue weighted by atomic mass is 16.6. The van der Waals surface area contributed by atoms with E-state index in [4.69, 9.17) is 9.47 Å². The molecule has 2 aliphatic rings. The van der Waals surface area contributed by atoms with Crippen molar-refractivity contribution in [3.8, 4) is 5.75 Å². The van der Waals surface area contributed by atoms with Crippen LogP contribution in [-0.2, 0) is 25.7 Å². The summed E-state index contributed by atoms with van der Waals surface area (Å²) in [5.41, 5.74) is 0.609. The van der Waals surface area contributed by atoms with Crippen molar-refractivity contribution in [3.63, 3.8) is 0 Å². The van der Waals surface area contributed by atoms with Gasteiger partial charge in [-0.3, -0.25) is 19.7 Å². The van der Waals surface area contributed by atoms with E-state index in [0.717, 1.165) is 12.0 Å². The summed E-state index contributed by atoms with van der Waals surface area (Å²) in [6.45, 7) is 7.62. The molecule has 1 aromatic carbocycles. The van der Waals surface area contributed by atoms with E-state index in [2.05, 4.69) is 5.32 Å². The van der Waals surface area contributed by atoms with E-state index in [0.29, 0.717) is 24.2 Å². The van der Waals surface area contributed by atoms with E-state index in [1.807, 2.05) is 6.92 Å². The number of imide groups is 1. The molecule has 2 atom stereocenters. The number of ether oxygens (including phenoxy) is 2.